The minimum absolute atomic E-state index is 0.127. The summed E-state index contributed by atoms with van der Waals surface area (Å²) in [4.78, 5) is 12.2. The number of hydrogen-bond donors (Lipinski definition) is 3. The van der Waals surface area contributed by atoms with Crippen LogP contribution in [-0.2, 0) is 0 Å². The van der Waals surface area contributed by atoms with E-state index in [9.17, 15) is 9.90 Å². The van der Waals surface area contributed by atoms with Crippen molar-refractivity contribution >= 4 is 11.6 Å². The van der Waals surface area contributed by atoms with Gasteiger partial charge in [0.25, 0.3) is 5.91 Å². The molecule has 0 saturated carbocycles. The van der Waals surface area contributed by atoms with Gasteiger partial charge >= 0.3 is 0 Å². The molecule has 2 rings (SSSR count). The van der Waals surface area contributed by atoms with Crippen LogP contribution in [0.25, 0.3) is 0 Å². The molecule has 0 fully saturated rings. The maximum absolute atomic E-state index is 12.2. The van der Waals surface area contributed by atoms with Gasteiger partial charge in [0, 0.05) is 23.8 Å². The minimum Gasteiger partial charge on any atom is -0.388 e. The predicted molar refractivity (Wildman–Crippen MR) is 93.6 cm³/mol. The summed E-state index contributed by atoms with van der Waals surface area (Å²) in [5, 5.41) is 16.2. The van der Waals surface area contributed by atoms with Crippen molar-refractivity contribution < 1.29 is 9.90 Å². The highest BCUT2D eigenvalue weighted by molar-refractivity contribution is 5.95. The second-order valence-electron chi connectivity index (χ2n) is 5.85. The Labute approximate surface area is 137 Å². The fourth-order valence-corrected chi connectivity index (χ4v) is 2.35. The fraction of sp³-hybridized carbons (Fsp3) is 0.316. The third-order valence-corrected chi connectivity index (χ3v) is 3.47. The monoisotopic (exact) mass is 312 g/mol. The first-order valence-corrected chi connectivity index (χ1v) is 7.94. The van der Waals surface area contributed by atoms with Crippen LogP contribution in [-0.4, -0.2) is 23.6 Å². The number of hydrogen-bond acceptors (Lipinski definition) is 3. The molecule has 0 heterocycles. The molecule has 1 atom stereocenters. The number of aliphatic hydroxyl groups is 1. The molecule has 3 N–H and O–H groups in total. The van der Waals surface area contributed by atoms with Gasteiger partial charge in [-0.1, -0.05) is 36.4 Å². The minimum atomic E-state index is -0.564. The Hall–Kier alpha value is -2.33. The highest BCUT2D eigenvalue weighted by Crippen LogP contribution is 2.15. The molecule has 1 unspecified atom stereocenters. The van der Waals surface area contributed by atoms with Crippen LogP contribution in [0.4, 0.5) is 5.69 Å². The van der Waals surface area contributed by atoms with Crippen molar-refractivity contribution in [3.63, 3.8) is 0 Å². The van der Waals surface area contributed by atoms with Gasteiger partial charge in [0.2, 0.25) is 0 Å². The zero-order chi connectivity index (χ0) is 16.7. The molecule has 0 aliphatic carbocycles. The average Bonchev–Trinajstić information content (AvgIpc) is 2.55. The first-order valence-electron chi connectivity index (χ1n) is 7.94. The van der Waals surface area contributed by atoms with Crippen molar-refractivity contribution in [3.8, 4) is 0 Å². The first kappa shape index (κ1) is 17.0. The molecule has 0 spiro atoms. The van der Waals surface area contributed by atoms with E-state index in [1.54, 1.807) is 6.07 Å². The standard InChI is InChI=1S/C19H24N2O2/c1-14(2)21-17-10-6-9-16(13-17)19(23)20-12-11-18(22)15-7-4-3-5-8-15/h3-10,13-14,18,21-22H,11-12H2,1-2H3,(H,20,23). The summed E-state index contributed by atoms with van der Waals surface area (Å²) >= 11 is 0. The van der Waals surface area contributed by atoms with E-state index in [2.05, 4.69) is 24.5 Å². The molecule has 23 heavy (non-hydrogen) atoms. The zero-order valence-electron chi connectivity index (χ0n) is 13.6. The maximum atomic E-state index is 12.2. The molecule has 0 radical (unpaired) electrons. The number of anilines is 1. The second kappa shape index (κ2) is 8.34. The molecular formula is C19H24N2O2. The van der Waals surface area contributed by atoms with Gasteiger partial charge < -0.3 is 15.7 Å². The third kappa shape index (κ3) is 5.42. The van der Waals surface area contributed by atoms with Crippen LogP contribution >= 0.6 is 0 Å². The molecule has 122 valence electrons. The third-order valence-electron chi connectivity index (χ3n) is 3.47. The van der Waals surface area contributed by atoms with Crippen molar-refractivity contribution in [1.82, 2.24) is 5.32 Å². The molecule has 0 aliphatic heterocycles. The average molecular weight is 312 g/mol. The molecule has 4 heteroatoms. The molecule has 0 aliphatic rings. The van der Waals surface area contributed by atoms with Crippen molar-refractivity contribution in [2.24, 2.45) is 0 Å². The lowest BCUT2D eigenvalue weighted by Gasteiger charge is -2.13. The molecule has 1 amide bonds. The maximum Gasteiger partial charge on any atom is 0.251 e. The Kier molecular flexibility index (Phi) is 6.18. The highest BCUT2D eigenvalue weighted by Gasteiger charge is 2.09. The van der Waals surface area contributed by atoms with Crippen LogP contribution < -0.4 is 10.6 Å². The van der Waals surface area contributed by atoms with Gasteiger partial charge in [-0.3, -0.25) is 4.79 Å². The van der Waals surface area contributed by atoms with Crippen molar-refractivity contribution in [3.05, 3.63) is 65.7 Å². The van der Waals surface area contributed by atoms with Gasteiger partial charge in [-0.25, -0.2) is 0 Å². The van der Waals surface area contributed by atoms with E-state index in [4.69, 9.17) is 0 Å². The Morgan fingerprint density at radius 3 is 2.52 bits per heavy atom. The van der Waals surface area contributed by atoms with E-state index in [1.165, 1.54) is 0 Å². The normalized spacial score (nSPS) is 12.0. The number of carbonyl (C=O) groups excluding carboxylic acids is 1. The summed E-state index contributed by atoms with van der Waals surface area (Å²) in [6, 6.07) is 17.2. The Morgan fingerprint density at radius 1 is 1.09 bits per heavy atom. The van der Waals surface area contributed by atoms with Gasteiger partial charge in [-0.2, -0.15) is 0 Å². The Balaban J connectivity index is 1.85. The number of aliphatic hydroxyl groups excluding tert-OH is 1. The molecule has 0 bridgehead atoms. The summed E-state index contributed by atoms with van der Waals surface area (Å²) < 4.78 is 0. The lowest BCUT2D eigenvalue weighted by atomic mass is 10.1. The second-order valence-corrected chi connectivity index (χ2v) is 5.85. The van der Waals surface area contributed by atoms with Crippen LogP contribution in [0.3, 0.4) is 0 Å². The van der Waals surface area contributed by atoms with Gasteiger partial charge in [0.15, 0.2) is 0 Å². The molecular weight excluding hydrogens is 288 g/mol. The predicted octanol–water partition coefficient (Wildman–Crippen LogP) is 3.36. The Bertz CT molecular complexity index is 626. The van der Waals surface area contributed by atoms with E-state index in [1.807, 2.05) is 48.5 Å². The summed E-state index contributed by atoms with van der Waals surface area (Å²) in [6.45, 7) is 4.53. The van der Waals surface area contributed by atoms with Crippen LogP contribution in [0, 0.1) is 0 Å². The van der Waals surface area contributed by atoms with E-state index in [0.717, 1.165) is 11.3 Å². The first-order chi connectivity index (χ1) is 11.1. The zero-order valence-corrected chi connectivity index (χ0v) is 13.6. The molecule has 2 aromatic carbocycles. The van der Waals surface area contributed by atoms with Gasteiger partial charge in [-0.15, -0.1) is 0 Å². The largest absolute Gasteiger partial charge is 0.388 e. The number of nitrogens with one attached hydrogen (secondary N) is 2. The van der Waals surface area contributed by atoms with Crippen molar-refractivity contribution in [2.45, 2.75) is 32.4 Å². The molecule has 0 saturated heterocycles. The number of carbonyl (C=O) groups is 1. The topological polar surface area (TPSA) is 61.4 Å². The molecule has 2 aromatic rings. The number of rotatable bonds is 7. The van der Waals surface area contributed by atoms with Gasteiger partial charge in [0.05, 0.1) is 6.10 Å². The highest BCUT2D eigenvalue weighted by atomic mass is 16.3. The van der Waals surface area contributed by atoms with E-state index < -0.39 is 6.10 Å². The smallest absolute Gasteiger partial charge is 0.251 e. The van der Waals surface area contributed by atoms with Gasteiger partial charge in [0.1, 0.15) is 0 Å². The molecule has 4 nitrogen and oxygen atoms in total. The molecule has 0 aromatic heterocycles. The summed E-state index contributed by atoms with van der Waals surface area (Å²) in [5.74, 6) is -0.127. The van der Waals surface area contributed by atoms with Crippen LogP contribution in [0.15, 0.2) is 54.6 Å². The number of benzene rings is 2. The SMILES string of the molecule is CC(C)Nc1cccc(C(=O)NCCC(O)c2ccccc2)c1. The van der Waals surface area contributed by atoms with Crippen LogP contribution in [0.2, 0.25) is 0 Å². The van der Waals surface area contributed by atoms with Crippen molar-refractivity contribution in [2.75, 3.05) is 11.9 Å². The lowest BCUT2D eigenvalue weighted by Crippen LogP contribution is -2.25. The fourth-order valence-electron chi connectivity index (χ4n) is 2.35. The van der Waals surface area contributed by atoms with Crippen LogP contribution in [0.1, 0.15) is 42.3 Å². The number of amides is 1. The van der Waals surface area contributed by atoms with Crippen molar-refractivity contribution in [1.29, 1.82) is 0 Å². The quantitative estimate of drug-likeness (QED) is 0.734. The van der Waals surface area contributed by atoms with E-state index >= 15 is 0 Å². The summed E-state index contributed by atoms with van der Waals surface area (Å²) in [6.07, 6.45) is -0.0786. The van der Waals surface area contributed by atoms with E-state index in [-0.39, 0.29) is 5.91 Å². The van der Waals surface area contributed by atoms with E-state index in [0.29, 0.717) is 24.6 Å². The van der Waals surface area contributed by atoms with Gasteiger partial charge in [-0.05, 0) is 44.0 Å². The Morgan fingerprint density at radius 2 is 1.83 bits per heavy atom. The summed E-state index contributed by atoms with van der Waals surface area (Å²) in [7, 11) is 0. The summed E-state index contributed by atoms with van der Waals surface area (Å²) in [5.41, 5.74) is 2.41. The lowest BCUT2D eigenvalue weighted by molar-refractivity contribution is 0.0942. The van der Waals surface area contributed by atoms with Crippen LogP contribution in [0.5, 0.6) is 0 Å².